The number of sulfone groups is 1. The van der Waals surface area contributed by atoms with Gasteiger partial charge in [0.25, 0.3) is 0 Å². The molecule has 1 aromatic heterocycles. The predicted octanol–water partition coefficient (Wildman–Crippen LogP) is 1.52. The molecule has 0 aliphatic carbocycles. The Morgan fingerprint density at radius 1 is 1.30 bits per heavy atom. The summed E-state index contributed by atoms with van der Waals surface area (Å²) in [6, 6.07) is 0. The minimum Gasteiger partial charge on any atom is -0.383 e. The first-order chi connectivity index (χ1) is 9.30. The summed E-state index contributed by atoms with van der Waals surface area (Å²) in [6.45, 7) is 6.60. The summed E-state index contributed by atoms with van der Waals surface area (Å²) in [5.41, 5.74) is 6.04. The lowest BCUT2D eigenvalue weighted by Crippen LogP contribution is -2.20. The van der Waals surface area contributed by atoms with Crippen molar-refractivity contribution in [1.29, 1.82) is 0 Å². The van der Waals surface area contributed by atoms with Crippen molar-refractivity contribution in [2.24, 2.45) is 5.92 Å². The number of aryl methyl sites for hydroxylation is 1. The fourth-order valence-electron chi connectivity index (χ4n) is 2.49. The molecule has 2 rings (SSSR count). The lowest BCUT2D eigenvalue weighted by molar-refractivity contribution is 0.491. The van der Waals surface area contributed by atoms with E-state index in [-0.39, 0.29) is 10.7 Å². The molecule has 0 bridgehead atoms. The molecule has 0 unspecified atom stereocenters. The fraction of sp³-hybridized carbons (Fsp3) is 0.769. The van der Waals surface area contributed by atoms with Crippen LogP contribution < -0.4 is 10.6 Å². The second-order valence-corrected chi connectivity index (χ2v) is 7.86. The van der Waals surface area contributed by atoms with Crippen molar-refractivity contribution in [2.45, 2.75) is 44.6 Å². The van der Waals surface area contributed by atoms with Gasteiger partial charge in [-0.15, -0.1) is 0 Å². The van der Waals surface area contributed by atoms with Crippen LogP contribution >= 0.6 is 0 Å². The quantitative estimate of drug-likeness (QED) is 0.891. The number of nitrogens with zero attached hydrogens (tertiary/aromatic N) is 3. The maximum atomic E-state index is 12.0. The third-order valence-electron chi connectivity index (χ3n) is 3.62. The monoisotopic (exact) mass is 300 g/mol. The van der Waals surface area contributed by atoms with Gasteiger partial charge in [-0.05, 0) is 25.2 Å². The van der Waals surface area contributed by atoms with Gasteiger partial charge in [-0.2, -0.15) is 5.10 Å². The Kier molecular flexibility index (Phi) is 4.27. The zero-order chi connectivity index (χ0) is 14.9. The van der Waals surface area contributed by atoms with Crippen LogP contribution in [0.25, 0.3) is 0 Å². The molecule has 0 spiro atoms. The van der Waals surface area contributed by atoms with Gasteiger partial charge in [-0.25, -0.2) is 13.1 Å². The summed E-state index contributed by atoms with van der Waals surface area (Å²) in [5.74, 6) is 1.33. The van der Waals surface area contributed by atoms with E-state index in [4.69, 9.17) is 5.73 Å². The van der Waals surface area contributed by atoms with Crippen molar-refractivity contribution in [3.05, 3.63) is 0 Å². The van der Waals surface area contributed by atoms with Crippen molar-refractivity contribution in [3.63, 3.8) is 0 Å². The average Bonchev–Trinajstić information content (AvgIpc) is 2.92. The summed E-state index contributed by atoms with van der Waals surface area (Å²) in [4.78, 5) is 2.22. The zero-order valence-corrected chi connectivity index (χ0v) is 13.3. The van der Waals surface area contributed by atoms with E-state index in [0.29, 0.717) is 18.3 Å². The van der Waals surface area contributed by atoms with E-state index in [9.17, 15) is 8.42 Å². The number of hydrogen-bond acceptors (Lipinski definition) is 5. The first kappa shape index (κ1) is 15.2. The summed E-state index contributed by atoms with van der Waals surface area (Å²) in [6.07, 6.45) is 4.27. The molecule has 0 aromatic carbocycles. The fourth-order valence-corrected chi connectivity index (χ4v) is 3.47. The number of nitrogens with two attached hydrogens (primary N) is 1. The first-order valence-electron chi connectivity index (χ1n) is 7.12. The largest absolute Gasteiger partial charge is 0.383 e. The van der Waals surface area contributed by atoms with Crippen LogP contribution in [0.3, 0.4) is 0 Å². The van der Waals surface area contributed by atoms with Crippen LogP contribution in [-0.2, 0) is 16.4 Å². The number of nitrogen functional groups attached to an aromatic ring is 1. The van der Waals surface area contributed by atoms with E-state index in [1.165, 1.54) is 6.26 Å². The van der Waals surface area contributed by atoms with Crippen molar-refractivity contribution in [3.8, 4) is 0 Å². The van der Waals surface area contributed by atoms with Gasteiger partial charge >= 0.3 is 0 Å². The summed E-state index contributed by atoms with van der Waals surface area (Å²) in [5, 5.41) is 4.47. The molecule has 1 aliphatic rings. The van der Waals surface area contributed by atoms with Gasteiger partial charge in [0, 0.05) is 25.9 Å². The molecule has 7 heteroatoms. The van der Waals surface area contributed by atoms with Gasteiger partial charge in [0.2, 0.25) is 0 Å². The zero-order valence-electron chi connectivity index (χ0n) is 12.5. The van der Waals surface area contributed by atoms with Crippen molar-refractivity contribution in [1.82, 2.24) is 9.78 Å². The molecule has 0 radical (unpaired) electrons. The van der Waals surface area contributed by atoms with Gasteiger partial charge < -0.3 is 10.6 Å². The number of anilines is 2. The van der Waals surface area contributed by atoms with Gasteiger partial charge in [0.05, 0.1) is 0 Å². The third-order valence-corrected chi connectivity index (χ3v) is 4.76. The third kappa shape index (κ3) is 3.08. The molecule has 1 saturated heterocycles. The Balaban J connectivity index is 2.41. The van der Waals surface area contributed by atoms with E-state index in [2.05, 4.69) is 18.9 Å². The number of rotatable bonds is 5. The molecule has 0 atom stereocenters. The van der Waals surface area contributed by atoms with Crippen molar-refractivity contribution < 1.29 is 8.42 Å². The summed E-state index contributed by atoms with van der Waals surface area (Å²) >= 11 is 0. The minimum atomic E-state index is -3.37. The highest BCUT2D eigenvalue weighted by Gasteiger charge is 2.28. The molecule has 1 fully saturated rings. The maximum Gasteiger partial charge on any atom is 0.182 e. The molecule has 0 amide bonds. The first-order valence-corrected chi connectivity index (χ1v) is 9.01. The molecular weight excluding hydrogens is 276 g/mol. The van der Waals surface area contributed by atoms with E-state index < -0.39 is 9.84 Å². The number of aromatic nitrogens is 2. The lowest BCUT2D eigenvalue weighted by Gasteiger charge is -2.15. The van der Waals surface area contributed by atoms with E-state index >= 15 is 0 Å². The molecule has 0 saturated carbocycles. The van der Waals surface area contributed by atoms with Gasteiger partial charge in [-0.3, -0.25) is 0 Å². The van der Waals surface area contributed by atoms with Crippen LogP contribution in [0.15, 0.2) is 4.90 Å². The van der Waals surface area contributed by atoms with Crippen molar-refractivity contribution >= 4 is 21.5 Å². The SMILES string of the molecule is CC(C)CCn1nc(N2CCCC2)c(S(C)(=O)=O)c1N. The normalized spacial score (nSPS) is 16.3. The molecule has 2 N–H and O–H groups in total. The van der Waals surface area contributed by atoms with Gasteiger partial charge in [0.1, 0.15) is 5.82 Å². The highest BCUT2D eigenvalue weighted by Crippen LogP contribution is 2.32. The van der Waals surface area contributed by atoms with Crippen LogP contribution in [0.5, 0.6) is 0 Å². The Morgan fingerprint density at radius 3 is 2.40 bits per heavy atom. The number of hydrogen-bond donors (Lipinski definition) is 1. The highest BCUT2D eigenvalue weighted by molar-refractivity contribution is 7.91. The average molecular weight is 300 g/mol. The lowest BCUT2D eigenvalue weighted by atomic mass is 10.1. The van der Waals surface area contributed by atoms with Gasteiger partial charge in [0.15, 0.2) is 20.6 Å². The molecule has 114 valence electrons. The van der Waals surface area contributed by atoms with Crippen molar-refractivity contribution in [2.75, 3.05) is 30.0 Å². The maximum absolute atomic E-state index is 12.0. The van der Waals surface area contributed by atoms with E-state index in [1.807, 2.05) is 4.90 Å². The molecule has 2 heterocycles. The Bertz CT molecular complexity index is 571. The van der Waals surface area contributed by atoms with Gasteiger partial charge in [-0.1, -0.05) is 13.8 Å². The molecule has 1 aliphatic heterocycles. The second-order valence-electron chi connectivity index (χ2n) is 5.91. The predicted molar refractivity (Wildman–Crippen MR) is 80.7 cm³/mol. The summed E-state index contributed by atoms with van der Waals surface area (Å²) < 4.78 is 25.7. The highest BCUT2D eigenvalue weighted by atomic mass is 32.2. The minimum absolute atomic E-state index is 0.197. The van der Waals surface area contributed by atoms with E-state index in [1.54, 1.807) is 4.68 Å². The second kappa shape index (κ2) is 5.63. The smallest absolute Gasteiger partial charge is 0.182 e. The van der Waals surface area contributed by atoms with Crippen LogP contribution in [0.1, 0.15) is 33.1 Å². The Morgan fingerprint density at radius 2 is 1.90 bits per heavy atom. The topological polar surface area (TPSA) is 81.2 Å². The molecule has 6 nitrogen and oxygen atoms in total. The Labute approximate surface area is 120 Å². The van der Waals surface area contributed by atoms with Crippen LogP contribution in [0.4, 0.5) is 11.6 Å². The molecular formula is C13H24N4O2S. The van der Waals surface area contributed by atoms with E-state index in [0.717, 1.165) is 32.4 Å². The standard InChI is InChI=1S/C13H24N4O2S/c1-10(2)6-9-17-12(14)11(20(3,18)19)13(15-17)16-7-4-5-8-16/h10H,4-9,14H2,1-3H3. The van der Waals surface area contributed by atoms with Crippen LogP contribution in [0, 0.1) is 5.92 Å². The Hall–Kier alpha value is -1.24. The van der Waals surface area contributed by atoms with Crippen LogP contribution in [-0.4, -0.2) is 37.5 Å². The molecule has 20 heavy (non-hydrogen) atoms. The van der Waals surface area contributed by atoms with Crippen LogP contribution in [0.2, 0.25) is 0 Å². The summed E-state index contributed by atoms with van der Waals surface area (Å²) in [7, 11) is -3.37. The molecule has 1 aromatic rings.